The first-order valence-electron chi connectivity index (χ1n) is 5.29. The van der Waals surface area contributed by atoms with E-state index in [0.29, 0.717) is 17.8 Å². The second-order valence-electron chi connectivity index (χ2n) is 3.53. The van der Waals surface area contributed by atoms with Crippen LogP contribution in [-0.4, -0.2) is 22.5 Å². The van der Waals surface area contributed by atoms with Gasteiger partial charge >= 0.3 is 0 Å². The third-order valence-electron chi connectivity index (χ3n) is 2.23. The van der Waals surface area contributed by atoms with Crippen molar-refractivity contribution in [1.82, 2.24) is 4.98 Å². The van der Waals surface area contributed by atoms with Gasteiger partial charge in [-0.15, -0.1) is 11.3 Å². The van der Waals surface area contributed by atoms with E-state index in [1.165, 1.54) is 11.3 Å². The molecule has 0 aliphatic heterocycles. The molecule has 0 spiro atoms. The van der Waals surface area contributed by atoms with Gasteiger partial charge in [0.05, 0.1) is 5.69 Å². The number of aliphatic hydroxyl groups excluding tert-OH is 1. The van der Waals surface area contributed by atoms with Crippen molar-refractivity contribution in [2.75, 3.05) is 6.61 Å². The lowest BCUT2D eigenvalue weighted by Crippen LogP contribution is -1.97. The lowest BCUT2D eigenvalue weighted by Gasteiger charge is -1.93. The van der Waals surface area contributed by atoms with Gasteiger partial charge < -0.3 is 5.11 Å². The molecule has 0 aromatic carbocycles. The predicted molar refractivity (Wildman–Crippen MR) is 61.5 cm³/mol. The Balaban J connectivity index is 2.69. The molecule has 1 N–H and O–H groups in total. The van der Waals surface area contributed by atoms with E-state index in [4.69, 9.17) is 5.11 Å². The molecule has 0 bridgehead atoms. The van der Waals surface area contributed by atoms with Crippen LogP contribution in [0.2, 0.25) is 0 Å². The van der Waals surface area contributed by atoms with Gasteiger partial charge in [0.2, 0.25) is 0 Å². The standard InChI is InChI=1S/C11H17NO2S/c1-3-4-5-9(14)11-12-8(2)10(15-11)6-7-13/h13H,3-7H2,1-2H3. The molecule has 3 nitrogen and oxygen atoms in total. The molecule has 0 aliphatic rings. The topological polar surface area (TPSA) is 50.2 Å². The molecule has 15 heavy (non-hydrogen) atoms. The SMILES string of the molecule is CCCCC(=O)c1nc(C)c(CCO)s1. The van der Waals surface area contributed by atoms with Crippen molar-refractivity contribution in [2.24, 2.45) is 0 Å². The van der Waals surface area contributed by atoms with Gasteiger partial charge in [0.15, 0.2) is 10.8 Å². The Morgan fingerprint density at radius 3 is 2.87 bits per heavy atom. The fourth-order valence-electron chi connectivity index (χ4n) is 1.33. The zero-order valence-corrected chi connectivity index (χ0v) is 10.1. The van der Waals surface area contributed by atoms with Crippen LogP contribution in [0.4, 0.5) is 0 Å². The zero-order chi connectivity index (χ0) is 11.3. The summed E-state index contributed by atoms with van der Waals surface area (Å²) in [5, 5.41) is 9.43. The maximum Gasteiger partial charge on any atom is 0.191 e. The van der Waals surface area contributed by atoms with Gasteiger partial charge in [0, 0.05) is 24.3 Å². The highest BCUT2D eigenvalue weighted by Gasteiger charge is 2.13. The first-order valence-corrected chi connectivity index (χ1v) is 6.11. The van der Waals surface area contributed by atoms with E-state index >= 15 is 0 Å². The lowest BCUT2D eigenvalue weighted by atomic mass is 10.2. The summed E-state index contributed by atoms with van der Waals surface area (Å²) in [7, 11) is 0. The molecule has 4 heteroatoms. The Morgan fingerprint density at radius 2 is 2.27 bits per heavy atom. The van der Waals surface area contributed by atoms with E-state index in [-0.39, 0.29) is 12.4 Å². The van der Waals surface area contributed by atoms with Crippen molar-refractivity contribution >= 4 is 17.1 Å². The zero-order valence-electron chi connectivity index (χ0n) is 9.25. The van der Waals surface area contributed by atoms with Crippen molar-refractivity contribution < 1.29 is 9.90 Å². The van der Waals surface area contributed by atoms with Crippen LogP contribution in [0, 0.1) is 6.92 Å². The van der Waals surface area contributed by atoms with Crippen molar-refractivity contribution in [1.29, 1.82) is 0 Å². The fraction of sp³-hybridized carbons (Fsp3) is 0.636. The number of unbranched alkanes of at least 4 members (excludes halogenated alkanes) is 1. The summed E-state index contributed by atoms with van der Waals surface area (Å²) in [5.41, 5.74) is 0.883. The monoisotopic (exact) mass is 227 g/mol. The van der Waals surface area contributed by atoms with Crippen LogP contribution in [0.25, 0.3) is 0 Å². The summed E-state index contributed by atoms with van der Waals surface area (Å²) in [5.74, 6) is 0.133. The Hall–Kier alpha value is -0.740. The largest absolute Gasteiger partial charge is 0.396 e. The minimum Gasteiger partial charge on any atom is -0.396 e. The molecule has 0 aliphatic carbocycles. The molecule has 0 fully saturated rings. The molecule has 0 radical (unpaired) electrons. The van der Waals surface area contributed by atoms with Gasteiger partial charge in [-0.05, 0) is 13.3 Å². The molecular weight excluding hydrogens is 210 g/mol. The molecule has 1 aromatic rings. The van der Waals surface area contributed by atoms with Crippen molar-refractivity contribution in [2.45, 2.75) is 39.5 Å². The summed E-state index contributed by atoms with van der Waals surface area (Å²) >= 11 is 1.42. The molecule has 1 aromatic heterocycles. The van der Waals surface area contributed by atoms with Crippen LogP contribution in [-0.2, 0) is 6.42 Å². The van der Waals surface area contributed by atoms with Crippen LogP contribution >= 0.6 is 11.3 Å². The van der Waals surface area contributed by atoms with E-state index in [9.17, 15) is 4.79 Å². The molecular formula is C11H17NO2S. The molecule has 0 saturated heterocycles. The average molecular weight is 227 g/mol. The number of rotatable bonds is 6. The summed E-state index contributed by atoms with van der Waals surface area (Å²) in [6.45, 7) is 4.07. The quantitative estimate of drug-likeness (QED) is 0.759. The minimum atomic E-state index is 0.117. The van der Waals surface area contributed by atoms with E-state index in [1.54, 1.807) is 0 Å². The molecule has 0 unspecified atom stereocenters. The molecule has 1 rings (SSSR count). The maximum absolute atomic E-state index is 11.7. The van der Waals surface area contributed by atoms with Crippen molar-refractivity contribution in [3.8, 4) is 0 Å². The third kappa shape index (κ3) is 3.39. The summed E-state index contributed by atoms with van der Waals surface area (Å²) in [4.78, 5) is 16.9. The smallest absolute Gasteiger partial charge is 0.191 e. The summed E-state index contributed by atoms with van der Waals surface area (Å²) in [6.07, 6.45) is 3.14. The number of aliphatic hydroxyl groups is 1. The van der Waals surface area contributed by atoms with Crippen LogP contribution in [0.3, 0.4) is 0 Å². The Morgan fingerprint density at radius 1 is 1.53 bits per heavy atom. The number of hydrogen-bond acceptors (Lipinski definition) is 4. The maximum atomic E-state index is 11.7. The number of aromatic nitrogens is 1. The van der Waals surface area contributed by atoms with Gasteiger partial charge in [-0.3, -0.25) is 4.79 Å². The molecule has 84 valence electrons. The number of aryl methyl sites for hydroxylation is 1. The van der Waals surface area contributed by atoms with Crippen molar-refractivity contribution in [3.63, 3.8) is 0 Å². The van der Waals surface area contributed by atoms with Gasteiger partial charge in [-0.1, -0.05) is 13.3 Å². The van der Waals surface area contributed by atoms with Crippen LogP contribution in [0.5, 0.6) is 0 Å². The first-order chi connectivity index (χ1) is 7.19. The van der Waals surface area contributed by atoms with Gasteiger partial charge in [0.25, 0.3) is 0 Å². The van der Waals surface area contributed by atoms with Gasteiger partial charge in [-0.25, -0.2) is 4.98 Å². The molecule has 1 heterocycles. The van der Waals surface area contributed by atoms with Crippen LogP contribution < -0.4 is 0 Å². The number of carbonyl (C=O) groups excluding carboxylic acids is 1. The first kappa shape index (κ1) is 12.3. The highest BCUT2D eigenvalue weighted by Crippen LogP contribution is 2.20. The summed E-state index contributed by atoms with van der Waals surface area (Å²) < 4.78 is 0. The Labute approximate surface area is 94.2 Å². The van der Waals surface area contributed by atoms with E-state index < -0.39 is 0 Å². The number of hydrogen-bond donors (Lipinski definition) is 1. The fourth-order valence-corrected chi connectivity index (χ4v) is 2.34. The second-order valence-corrected chi connectivity index (χ2v) is 4.61. The second kappa shape index (κ2) is 5.98. The highest BCUT2D eigenvalue weighted by molar-refractivity contribution is 7.13. The number of ketones is 1. The van der Waals surface area contributed by atoms with Gasteiger partial charge in [-0.2, -0.15) is 0 Å². The molecule has 0 saturated carbocycles. The highest BCUT2D eigenvalue weighted by atomic mass is 32.1. The van der Waals surface area contributed by atoms with E-state index in [0.717, 1.165) is 23.4 Å². The normalized spacial score (nSPS) is 10.6. The number of thiazole rings is 1. The molecule has 0 atom stereocenters. The third-order valence-corrected chi connectivity index (χ3v) is 3.49. The predicted octanol–water partition coefficient (Wildman–Crippen LogP) is 2.36. The summed E-state index contributed by atoms with van der Waals surface area (Å²) in [6, 6.07) is 0. The van der Waals surface area contributed by atoms with Crippen LogP contribution in [0.15, 0.2) is 0 Å². The number of Topliss-reactive ketones (excluding diaryl/α,β-unsaturated/α-hetero) is 1. The van der Waals surface area contributed by atoms with Gasteiger partial charge in [0.1, 0.15) is 0 Å². The Kier molecular flexibility index (Phi) is 4.91. The van der Waals surface area contributed by atoms with E-state index in [1.807, 2.05) is 6.92 Å². The van der Waals surface area contributed by atoms with Crippen molar-refractivity contribution in [3.05, 3.63) is 15.6 Å². The number of carbonyl (C=O) groups is 1. The average Bonchev–Trinajstić information content (AvgIpc) is 2.58. The van der Waals surface area contributed by atoms with E-state index in [2.05, 4.69) is 11.9 Å². The number of nitrogens with zero attached hydrogens (tertiary/aromatic N) is 1. The lowest BCUT2D eigenvalue weighted by molar-refractivity contribution is 0.0979. The molecule has 0 amide bonds. The minimum absolute atomic E-state index is 0.117. The Bertz CT molecular complexity index is 333. The van der Waals surface area contributed by atoms with Crippen LogP contribution in [0.1, 0.15) is 46.6 Å².